The molecule has 1 unspecified atom stereocenters. The van der Waals surface area contributed by atoms with Gasteiger partial charge >= 0.3 is 0 Å². The third-order valence-corrected chi connectivity index (χ3v) is 2.82. The second kappa shape index (κ2) is 6.02. The smallest absolute Gasteiger partial charge is 0.251 e. The number of phenols is 1. The van der Waals surface area contributed by atoms with E-state index in [2.05, 4.69) is 5.32 Å². The van der Waals surface area contributed by atoms with E-state index in [0.29, 0.717) is 12.1 Å². The highest BCUT2D eigenvalue weighted by atomic mass is 16.3. The second-order valence-electron chi connectivity index (χ2n) is 4.28. The van der Waals surface area contributed by atoms with Crippen molar-refractivity contribution in [2.24, 2.45) is 5.73 Å². The van der Waals surface area contributed by atoms with Crippen LogP contribution in [-0.4, -0.2) is 17.6 Å². The minimum Gasteiger partial charge on any atom is -0.508 e. The van der Waals surface area contributed by atoms with Crippen molar-refractivity contribution in [1.82, 2.24) is 5.32 Å². The quantitative estimate of drug-likeness (QED) is 0.781. The summed E-state index contributed by atoms with van der Waals surface area (Å²) in [4.78, 5) is 11.9. The lowest BCUT2D eigenvalue weighted by atomic mass is 10.1. The first kappa shape index (κ1) is 13.1. The van der Waals surface area contributed by atoms with E-state index in [1.807, 2.05) is 30.3 Å². The highest BCUT2D eigenvalue weighted by Crippen LogP contribution is 2.11. The Morgan fingerprint density at radius 1 is 1.16 bits per heavy atom. The standard InChI is InChI=1S/C15H16N2O2/c16-14(11-5-2-1-3-6-11)10-17-15(19)12-7-4-8-13(18)9-12/h1-9,14,18H,10,16H2,(H,17,19). The first-order chi connectivity index (χ1) is 9.16. The van der Waals surface area contributed by atoms with E-state index in [1.165, 1.54) is 12.1 Å². The molecule has 0 radical (unpaired) electrons. The highest BCUT2D eigenvalue weighted by Gasteiger charge is 2.09. The topological polar surface area (TPSA) is 75.3 Å². The average molecular weight is 256 g/mol. The van der Waals surface area contributed by atoms with Crippen LogP contribution in [0, 0.1) is 0 Å². The number of carbonyl (C=O) groups excluding carboxylic acids is 1. The van der Waals surface area contributed by atoms with E-state index in [9.17, 15) is 9.90 Å². The minimum atomic E-state index is -0.248. The molecule has 2 aromatic rings. The summed E-state index contributed by atoms with van der Waals surface area (Å²) < 4.78 is 0. The maximum atomic E-state index is 11.9. The molecule has 0 spiro atoms. The van der Waals surface area contributed by atoms with Gasteiger partial charge in [-0.25, -0.2) is 0 Å². The molecule has 4 heteroatoms. The van der Waals surface area contributed by atoms with E-state index in [-0.39, 0.29) is 17.7 Å². The number of aromatic hydroxyl groups is 1. The first-order valence-corrected chi connectivity index (χ1v) is 6.04. The number of nitrogens with two attached hydrogens (primary N) is 1. The van der Waals surface area contributed by atoms with Gasteiger partial charge in [0.2, 0.25) is 0 Å². The van der Waals surface area contributed by atoms with Crippen molar-refractivity contribution >= 4 is 5.91 Å². The van der Waals surface area contributed by atoms with Gasteiger partial charge in [0.1, 0.15) is 5.75 Å². The fourth-order valence-corrected chi connectivity index (χ4v) is 1.77. The molecule has 0 fully saturated rings. The van der Waals surface area contributed by atoms with Gasteiger partial charge in [-0.3, -0.25) is 4.79 Å². The number of amides is 1. The van der Waals surface area contributed by atoms with Gasteiger partial charge in [0.15, 0.2) is 0 Å². The second-order valence-corrected chi connectivity index (χ2v) is 4.28. The van der Waals surface area contributed by atoms with E-state index in [4.69, 9.17) is 5.73 Å². The molecule has 1 atom stereocenters. The Labute approximate surface area is 111 Å². The predicted molar refractivity (Wildman–Crippen MR) is 73.8 cm³/mol. The van der Waals surface area contributed by atoms with Crippen LogP contribution in [0.15, 0.2) is 54.6 Å². The number of carbonyl (C=O) groups is 1. The van der Waals surface area contributed by atoms with Crippen molar-refractivity contribution in [2.45, 2.75) is 6.04 Å². The SMILES string of the molecule is NC(CNC(=O)c1cccc(O)c1)c1ccccc1. The number of nitrogens with one attached hydrogen (secondary N) is 1. The molecular weight excluding hydrogens is 240 g/mol. The van der Waals surface area contributed by atoms with Gasteiger partial charge in [-0.2, -0.15) is 0 Å². The first-order valence-electron chi connectivity index (χ1n) is 6.04. The molecule has 19 heavy (non-hydrogen) atoms. The predicted octanol–water partition coefficient (Wildman–Crippen LogP) is 1.82. The third kappa shape index (κ3) is 3.56. The summed E-state index contributed by atoms with van der Waals surface area (Å²) in [5.41, 5.74) is 7.38. The maximum Gasteiger partial charge on any atom is 0.251 e. The van der Waals surface area contributed by atoms with E-state index >= 15 is 0 Å². The van der Waals surface area contributed by atoms with Crippen LogP contribution in [0.1, 0.15) is 22.0 Å². The molecular formula is C15H16N2O2. The van der Waals surface area contributed by atoms with Crippen LogP contribution in [-0.2, 0) is 0 Å². The molecule has 0 aliphatic heterocycles. The average Bonchev–Trinajstić information content (AvgIpc) is 2.45. The van der Waals surface area contributed by atoms with Crippen molar-refractivity contribution < 1.29 is 9.90 Å². The lowest BCUT2D eigenvalue weighted by Crippen LogP contribution is -2.31. The van der Waals surface area contributed by atoms with Crippen LogP contribution < -0.4 is 11.1 Å². The van der Waals surface area contributed by atoms with Gasteiger partial charge in [0, 0.05) is 18.2 Å². The van der Waals surface area contributed by atoms with Crippen molar-refractivity contribution in [3.63, 3.8) is 0 Å². The fraction of sp³-hybridized carbons (Fsp3) is 0.133. The fourth-order valence-electron chi connectivity index (χ4n) is 1.77. The molecule has 4 N–H and O–H groups in total. The minimum absolute atomic E-state index is 0.0695. The number of rotatable bonds is 4. The zero-order valence-corrected chi connectivity index (χ0v) is 10.4. The summed E-state index contributed by atoms with van der Waals surface area (Å²) in [7, 11) is 0. The molecule has 0 bridgehead atoms. The summed E-state index contributed by atoms with van der Waals surface area (Å²) in [5.74, 6) is -0.178. The Morgan fingerprint density at radius 3 is 2.58 bits per heavy atom. The number of benzene rings is 2. The van der Waals surface area contributed by atoms with Gasteiger partial charge in [-0.05, 0) is 23.8 Å². The maximum absolute atomic E-state index is 11.9. The summed E-state index contributed by atoms with van der Waals surface area (Å²) in [6, 6.07) is 15.5. The van der Waals surface area contributed by atoms with Gasteiger partial charge in [0.25, 0.3) is 5.91 Å². The van der Waals surface area contributed by atoms with Crippen LogP contribution >= 0.6 is 0 Å². The number of hydrogen-bond acceptors (Lipinski definition) is 3. The van der Waals surface area contributed by atoms with Gasteiger partial charge in [-0.1, -0.05) is 36.4 Å². The molecule has 0 aliphatic carbocycles. The monoisotopic (exact) mass is 256 g/mol. The molecule has 1 amide bonds. The summed E-state index contributed by atoms with van der Waals surface area (Å²) in [5, 5.41) is 12.1. The molecule has 0 aromatic heterocycles. The van der Waals surface area contributed by atoms with Gasteiger partial charge in [0.05, 0.1) is 0 Å². The summed E-state index contributed by atoms with van der Waals surface area (Å²) >= 11 is 0. The Morgan fingerprint density at radius 2 is 1.89 bits per heavy atom. The lowest BCUT2D eigenvalue weighted by Gasteiger charge is -2.13. The summed E-state index contributed by atoms with van der Waals surface area (Å²) in [6.07, 6.45) is 0. The molecule has 0 saturated heterocycles. The third-order valence-electron chi connectivity index (χ3n) is 2.82. The Bertz CT molecular complexity index is 555. The van der Waals surface area contributed by atoms with Crippen molar-refractivity contribution in [3.05, 3.63) is 65.7 Å². The Hall–Kier alpha value is -2.33. The lowest BCUT2D eigenvalue weighted by molar-refractivity contribution is 0.0951. The van der Waals surface area contributed by atoms with Gasteiger partial charge in [-0.15, -0.1) is 0 Å². The largest absolute Gasteiger partial charge is 0.508 e. The molecule has 0 heterocycles. The highest BCUT2D eigenvalue weighted by molar-refractivity contribution is 5.94. The number of hydrogen-bond donors (Lipinski definition) is 3. The molecule has 0 saturated carbocycles. The van der Waals surface area contributed by atoms with Crippen molar-refractivity contribution in [2.75, 3.05) is 6.54 Å². The van der Waals surface area contributed by atoms with E-state index < -0.39 is 0 Å². The molecule has 98 valence electrons. The normalized spacial score (nSPS) is 11.8. The molecule has 2 aromatic carbocycles. The zero-order chi connectivity index (χ0) is 13.7. The van der Waals surface area contributed by atoms with Crippen LogP contribution in [0.5, 0.6) is 5.75 Å². The molecule has 4 nitrogen and oxygen atoms in total. The van der Waals surface area contributed by atoms with Crippen LogP contribution in [0.25, 0.3) is 0 Å². The van der Waals surface area contributed by atoms with E-state index in [0.717, 1.165) is 5.56 Å². The van der Waals surface area contributed by atoms with Crippen LogP contribution in [0.3, 0.4) is 0 Å². The number of phenolic OH excluding ortho intramolecular Hbond substituents is 1. The van der Waals surface area contributed by atoms with Crippen molar-refractivity contribution in [3.8, 4) is 5.75 Å². The zero-order valence-electron chi connectivity index (χ0n) is 10.4. The Kier molecular flexibility index (Phi) is 4.15. The van der Waals surface area contributed by atoms with Crippen LogP contribution in [0.2, 0.25) is 0 Å². The summed E-state index contributed by atoms with van der Waals surface area (Å²) in [6.45, 7) is 0.346. The molecule has 2 rings (SSSR count). The Balaban J connectivity index is 1.94. The van der Waals surface area contributed by atoms with Crippen molar-refractivity contribution in [1.29, 1.82) is 0 Å². The van der Waals surface area contributed by atoms with E-state index in [1.54, 1.807) is 12.1 Å². The van der Waals surface area contributed by atoms with Crippen LogP contribution in [0.4, 0.5) is 0 Å². The molecule has 0 aliphatic rings. The van der Waals surface area contributed by atoms with Gasteiger partial charge < -0.3 is 16.2 Å².